The Balaban J connectivity index is 1.93. The Kier molecular flexibility index (Phi) is 8.46. The summed E-state index contributed by atoms with van der Waals surface area (Å²) in [4.78, 5) is 13.4. The van der Waals surface area contributed by atoms with E-state index in [-0.39, 0.29) is 29.3 Å². The van der Waals surface area contributed by atoms with Gasteiger partial charge >= 0.3 is 0 Å². The van der Waals surface area contributed by atoms with E-state index in [9.17, 15) is 13.2 Å². The van der Waals surface area contributed by atoms with E-state index in [0.29, 0.717) is 5.69 Å². The lowest BCUT2D eigenvalue weighted by Gasteiger charge is -2.26. The molecule has 0 fully saturated rings. The molecule has 0 aliphatic carbocycles. The SMILES string of the molecule is COc1cc(C)c([C@H](C)NC(=O)CN(c2ccc(C)c(C)c2)S(=O)(=O)c2ccccc2)cc1C(C)C. The molecule has 0 heterocycles. The molecule has 36 heavy (non-hydrogen) atoms. The zero-order valence-corrected chi connectivity index (χ0v) is 22.9. The van der Waals surface area contributed by atoms with Crippen molar-refractivity contribution in [2.45, 2.75) is 58.4 Å². The number of sulfonamides is 1. The predicted molar refractivity (Wildman–Crippen MR) is 145 cm³/mol. The monoisotopic (exact) mass is 508 g/mol. The number of amides is 1. The molecule has 0 aliphatic rings. The van der Waals surface area contributed by atoms with Gasteiger partial charge in [-0.05, 0) is 97.8 Å². The summed E-state index contributed by atoms with van der Waals surface area (Å²) in [6.07, 6.45) is 0. The number of aryl methyl sites for hydroxylation is 3. The van der Waals surface area contributed by atoms with Crippen molar-refractivity contribution >= 4 is 21.6 Å². The van der Waals surface area contributed by atoms with Crippen LogP contribution in [0, 0.1) is 20.8 Å². The fourth-order valence-corrected chi connectivity index (χ4v) is 5.65. The number of benzene rings is 3. The quantitative estimate of drug-likeness (QED) is 0.395. The number of rotatable bonds is 9. The highest BCUT2D eigenvalue weighted by Crippen LogP contribution is 2.32. The first kappa shape index (κ1) is 27.3. The summed E-state index contributed by atoms with van der Waals surface area (Å²) in [5, 5.41) is 3.00. The van der Waals surface area contributed by atoms with E-state index in [1.165, 1.54) is 16.4 Å². The van der Waals surface area contributed by atoms with E-state index in [0.717, 1.165) is 33.6 Å². The van der Waals surface area contributed by atoms with Crippen LogP contribution >= 0.6 is 0 Å². The number of carbonyl (C=O) groups excluding carboxylic acids is 1. The van der Waals surface area contributed by atoms with Gasteiger partial charge in [0.15, 0.2) is 0 Å². The van der Waals surface area contributed by atoms with E-state index in [4.69, 9.17) is 4.74 Å². The molecule has 0 aromatic heterocycles. The molecule has 7 heteroatoms. The molecular weight excluding hydrogens is 472 g/mol. The first-order valence-corrected chi connectivity index (χ1v) is 13.5. The van der Waals surface area contributed by atoms with E-state index >= 15 is 0 Å². The molecule has 0 aliphatic heterocycles. The van der Waals surface area contributed by atoms with Gasteiger partial charge in [-0.3, -0.25) is 9.10 Å². The molecule has 0 radical (unpaired) electrons. The second-order valence-corrected chi connectivity index (χ2v) is 11.4. The Morgan fingerprint density at radius 2 is 1.56 bits per heavy atom. The van der Waals surface area contributed by atoms with Crippen LogP contribution in [-0.2, 0) is 14.8 Å². The third-order valence-corrected chi connectivity index (χ3v) is 8.27. The predicted octanol–water partition coefficient (Wildman–Crippen LogP) is 5.82. The zero-order chi connectivity index (χ0) is 26.6. The second kappa shape index (κ2) is 11.2. The maximum Gasteiger partial charge on any atom is 0.264 e. The highest BCUT2D eigenvalue weighted by atomic mass is 32.2. The fraction of sp³-hybridized carbons (Fsp3) is 0.345. The number of nitrogens with zero attached hydrogens (tertiary/aromatic N) is 1. The number of carbonyl (C=O) groups is 1. The van der Waals surface area contributed by atoms with Crippen molar-refractivity contribution in [3.8, 4) is 5.75 Å². The molecule has 3 aromatic rings. The molecule has 0 bridgehead atoms. The molecule has 0 saturated heterocycles. The first-order valence-electron chi connectivity index (χ1n) is 12.1. The highest BCUT2D eigenvalue weighted by Gasteiger charge is 2.28. The van der Waals surface area contributed by atoms with Crippen molar-refractivity contribution in [1.29, 1.82) is 0 Å². The van der Waals surface area contributed by atoms with Crippen molar-refractivity contribution < 1.29 is 17.9 Å². The molecule has 6 nitrogen and oxygen atoms in total. The van der Waals surface area contributed by atoms with Gasteiger partial charge in [-0.1, -0.05) is 38.1 Å². The molecule has 3 aromatic carbocycles. The summed E-state index contributed by atoms with van der Waals surface area (Å²) < 4.78 is 33.9. The van der Waals surface area contributed by atoms with E-state index in [2.05, 4.69) is 25.2 Å². The summed E-state index contributed by atoms with van der Waals surface area (Å²) >= 11 is 0. The zero-order valence-electron chi connectivity index (χ0n) is 22.1. The maximum atomic E-state index is 13.6. The van der Waals surface area contributed by atoms with Crippen molar-refractivity contribution in [3.05, 3.63) is 88.5 Å². The highest BCUT2D eigenvalue weighted by molar-refractivity contribution is 7.92. The standard InChI is InChI=1S/C29H36N2O4S/c1-19(2)26-17-27(22(5)16-28(26)35-7)23(6)30-29(32)18-31(24-14-13-20(3)21(4)15-24)36(33,34)25-11-9-8-10-12-25/h8-17,19,23H,18H2,1-7H3,(H,30,32)/t23-/m0/s1. The fourth-order valence-electron chi connectivity index (χ4n) is 4.22. The van der Waals surface area contributed by atoms with Crippen LogP contribution in [0.2, 0.25) is 0 Å². The van der Waals surface area contributed by atoms with Gasteiger partial charge in [0.2, 0.25) is 5.91 Å². The minimum Gasteiger partial charge on any atom is -0.496 e. The third-order valence-electron chi connectivity index (χ3n) is 6.48. The lowest BCUT2D eigenvalue weighted by molar-refractivity contribution is -0.120. The summed E-state index contributed by atoms with van der Waals surface area (Å²) in [6.45, 7) is 11.6. The Labute approximate surface area is 215 Å². The molecule has 1 N–H and O–H groups in total. The summed E-state index contributed by atoms with van der Waals surface area (Å²) in [7, 11) is -2.31. The number of ether oxygens (including phenoxy) is 1. The van der Waals surface area contributed by atoms with Gasteiger partial charge in [0.05, 0.1) is 23.7 Å². The second-order valence-electron chi connectivity index (χ2n) is 9.49. The van der Waals surface area contributed by atoms with E-state index in [1.807, 2.05) is 39.8 Å². The summed E-state index contributed by atoms with van der Waals surface area (Å²) in [5.74, 6) is 0.680. The molecule has 192 valence electrons. The summed E-state index contributed by atoms with van der Waals surface area (Å²) in [6, 6.07) is 17.3. The van der Waals surface area contributed by atoms with Gasteiger partial charge in [-0.25, -0.2) is 8.42 Å². The number of nitrogens with one attached hydrogen (secondary N) is 1. The van der Waals surface area contributed by atoms with Crippen LogP contribution in [0.15, 0.2) is 65.6 Å². The smallest absolute Gasteiger partial charge is 0.264 e. The molecule has 0 unspecified atom stereocenters. The molecule has 1 atom stereocenters. The van der Waals surface area contributed by atoms with Gasteiger partial charge in [0.25, 0.3) is 10.0 Å². The van der Waals surface area contributed by atoms with Crippen molar-refractivity contribution in [1.82, 2.24) is 5.32 Å². The lowest BCUT2D eigenvalue weighted by Crippen LogP contribution is -2.41. The van der Waals surface area contributed by atoms with Gasteiger partial charge in [0.1, 0.15) is 12.3 Å². The van der Waals surface area contributed by atoms with E-state index < -0.39 is 10.0 Å². The minimum atomic E-state index is -3.96. The summed E-state index contributed by atoms with van der Waals surface area (Å²) in [5.41, 5.74) is 5.47. The van der Waals surface area contributed by atoms with Crippen LogP contribution < -0.4 is 14.4 Å². The normalized spacial score (nSPS) is 12.3. The number of hydrogen-bond acceptors (Lipinski definition) is 4. The van der Waals surface area contributed by atoms with Crippen LogP contribution in [0.5, 0.6) is 5.75 Å². The van der Waals surface area contributed by atoms with Crippen molar-refractivity contribution in [2.24, 2.45) is 0 Å². The van der Waals surface area contributed by atoms with Crippen molar-refractivity contribution in [2.75, 3.05) is 18.0 Å². The van der Waals surface area contributed by atoms with Crippen molar-refractivity contribution in [3.63, 3.8) is 0 Å². The molecule has 3 rings (SSSR count). The van der Waals surface area contributed by atoms with Crippen LogP contribution in [0.25, 0.3) is 0 Å². The minimum absolute atomic E-state index is 0.136. The number of anilines is 1. The van der Waals surface area contributed by atoms with Gasteiger partial charge in [-0.2, -0.15) is 0 Å². The lowest BCUT2D eigenvalue weighted by atomic mass is 9.93. The Hall–Kier alpha value is -3.32. The van der Waals surface area contributed by atoms with Crippen LogP contribution in [-0.4, -0.2) is 28.0 Å². The Bertz CT molecular complexity index is 1330. The number of hydrogen-bond donors (Lipinski definition) is 1. The van der Waals surface area contributed by atoms with E-state index in [1.54, 1.807) is 37.4 Å². The molecule has 0 saturated carbocycles. The third kappa shape index (κ3) is 5.90. The molecular formula is C29H36N2O4S. The molecule has 0 spiro atoms. The van der Waals surface area contributed by atoms with Crippen LogP contribution in [0.1, 0.15) is 60.5 Å². The van der Waals surface area contributed by atoms with Gasteiger partial charge in [0, 0.05) is 0 Å². The van der Waals surface area contributed by atoms with Crippen LogP contribution in [0.4, 0.5) is 5.69 Å². The Morgan fingerprint density at radius 1 is 0.889 bits per heavy atom. The average Bonchev–Trinajstić information content (AvgIpc) is 2.84. The average molecular weight is 509 g/mol. The first-order chi connectivity index (χ1) is 16.9. The largest absolute Gasteiger partial charge is 0.496 e. The number of methoxy groups -OCH3 is 1. The Morgan fingerprint density at radius 3 is 2.14 bits per heavy atom. The molecule has 1 amide bonds. The van der Waals surface area contributed by atoms with Gasteiger partial charge in [-0.15, -0.1) is 0 Å². The maximum absolute atomic E-state index is 13.6. The van der Waals surface area contributed by atoms with Crippen LogP contribution in [0.3, 0.4) is 0 Å². The van der Waals surface area contributed by atoms with Gasteiger partial charge < -0.3 is 10.1 Å². The topological polar surface area (TPSA) is 75.7 Å².